The first-order chi connectivity index (χ1) is 18.5. The minimum atomic E-state index is -0.655. The molecule has 7 nitrogen and oxygen atoms in total. The van der Waals surface area contributed by atoms with Gasteiger partial charge in [0.2, 0.25) is 0 Å². The fourth-order valence-electron chi connectivity index (χ4n) is 4.67. The highest BCUT2D eigenvalue weighted by molar-refractivity contribution is 5.83. The van der Waals surface area contributed by atoms with E-state index in [0.29, 0.717) is 6.42 Å². The molecule has 2 heterocycles. The van der Waals surface area contributed by atoms with Crippen molar-refractivity contribution >= 4 is 16.9 Å². The molecule has 0 unspecified atom stereocenters. The number of nitrogens with one attached hydrogen (secondary N) is 1. The monoisotopic (exact) mass is 525 g/mol. The van der Waals surface area contributed by atoms with Crippen LogP contribution in [0.3, 0.4) is 0 Å². The number of fused-ring (bicyclic) bond motifs is 1. The van der Waals surface area contributed by atoms with Crippen molar-refractivity contribution in [1.29, 1.82) is 0 Å². The average molecular weight is 526 g/mol. The number of carboxylic acid groups (broad SMARTS) is 1. The number of hydrogen-bond donors (Lipinski definition) is 2. The molecular weight excluding hydrogens is 474 g/mol. The third kappa shape index (κ3) is 13.8. The standard InChI is InChI=1S/C16H32O2.C15H19N5/c1-2-3-4-5-6-7-8-9-10-11-12-13-14-15-16(17)18;1-19(2)6-5-13-8-17-15-4-3-12(7-14(13)15)9-20-11-16-10-18-20/h2-15H2,1H3,(H,17,18);3-4,7-8,10-11,17H,5-6,9H2,1-2H3. The SMILES string of the molecule is CCCCCCCCCCCCCCCC(=O)O.CN(C)CCc1c[nH]c2ccc(Cn3cncn3)cc12. The molecule has 0 saturated heterocycles. The van der Waals surface area contributed by atoms with E-state index < -0.39 is 5.97 Å². The van der Waals surface area contributed by atoms with Crippen LogP contribution in [0.5, 0.6) is 0 Å². The third-order valence-electron chi connectivity index (χ3n) is 6.97. The van der Waals surface area contributed by atoms with Crippen molar-refractivity contribution in [2.75, 3.05) is 20.6 Å². The molecule has 2 N–H and O–H groups in total. The second-order valence-corrected chi connectivity index (χ2v) is 10.7. The van der Waals surface area contributed by atoms with Gasteiger partial charge in [0.05, 0.1) is 6.54 Å². The summed E-state index contributed by atoms with van der Waals surface area (Å²) < 4.78 is 1.84. The van der Waals surface area contributed by atoms with Crippen molar-refractivity contribution < 1.29 is 9.90 Å². The van der Waals surface area contributed by atoms with E-state index in [4.69, 9.17) is 5.11 Å². The zero-order valence-corrected chi connectivity index (χ0v) is 24.1. The molecule has 0 aliphatic rings. The predicted molar refractivity (Wildman–Crippen MR) is 158 cm³/mol. The van der Waals surface area contributed by atoms with Crippen LogP contribution >= 0.6 is 0 Å². The van der Waals surface area contributed by atoms with Crippen molar-refractivity contribution in [3.63, 3.8) is 0 Å². The Morgan fingerprint density at radius 2 is 1.58 bits per heavy atom. The van der Waals surface area contributed by atoms with Crippen LogP contribution in [0.2, 0.25) is 0 Å². The highest BCUT2D eigenvalue weighted by Gasteiger charge is 2.06. The fraction of sp³-hybridized carbons (Fsp3) is 0.645. The lowest BCUT2D eigenvalue weighted by Crippen LogP contribution is -2.14. The molecule has 7 heteroatoms. The van der Waals surface area contributed by atoms with Gasteiger partial charge in [-0.25, -0.2) is 9.67 Å². The second-order valence-electron chi connectivity index (χ2n) is 10.7. The van der Waals surface area contributed by atoms with Gasteiger partial charge < -0.3 is 15.0 Å². The molecule has 0 aliphatic carbocycles. The Balaban J connectivity index is 0.000000269. The maximum Gasteiger partial charge on any atom is 0.303 e. The number of likely N-dealkylation sites (N-methyl/N-ethyl adjacent to an activating group) is 1. The maximum absolute atomic E-state index is 10.3. The number of rotatable bonds is 19. The van der Waals surface area contributed by atoms with E-state index in [2.05, 4.69) is 65.4 Å². The smallest absolute Gasteiger partial charge is 0.303 e. The minimum absolute atomic E-state index is 0.345. The number of aliphatic carboxylic acids is 1. The summed E-state index contributed by atoms with van der Waals surface area (Å²) in [4.78, 5) is 19.8. The number of H-pyrrole nitrogens is 1. The lowest BCUT2D eigenvalue weighted by molar-refractivity contribution is -0.137. The summed E-state index contributed by atoms with van der Waals surface area (Å²) >= 11 is 0. The molecule has 0 saturated carbocycles. The van der Waals surface area contributed by atoms with Gasteiger partial charge in [0.25, 0.3) is 0 Å². The molecule has 38 heavy (non-hydrogen) atoms. The second kappa shape index (κ2) is 19.4. The molecule has 0 bridgehead atoms. The van der Waals surface area contributed by atoms with Gasteiger partial charge in [0.1, 0.15) is 12.7 Å². The Morgan fingerprint density at radius 1 is 0.947 bits per heavy atom. The average Bonchev–Trinajstić information content (AvgIpc) is 3.55. The summed E-state index contributed by atoms with van der Waals surface area (Å²) in [6.07, 6.45) is 23.8. The number of hydrogen-bond acceptors (Lipinski definition) is 4. The first-order valence-corrected chi connectivity index (χ1v) is 14.8. The Kier molecular flexibility index (Phi) is 16.1. The Labute approximate surface area is 230 Å². The van der Waals surface area contributed by atoms with Crippen LogP contribution in [0, 0.1) is 0 Å². The summed E-state index contributed by atoms with van der Waals surface area (Å²) in [6, 6.07) is 6.52. The highest BCUT2D eigenvalue weighted by Crippen LogP contribution is 2.21. The molecular formula is C31H51N5O2. The Morgan fingerprint density at radius 3 is 2.13 bits per heavy atom. The number of carbonyl (C=O) groups is 1. The lowest BCUT2D eigenvalue weighted by atomic mass is 10.0. The molecule has 3 rings (SSSR count). The van der Waals surface area contributed by atoms with Crippen LogP contribution in [-0.2, 0) is 17.8 Å². The summed E-state index contributed by atoms with van der Waals surface area (Å²) in [5.41, 5.74) is 3.81. The topological polar surface area (TPSA) is 87.0 Å². The van der Waals surface area contributed by atoms with E-state index in [0.717, 1.165) is 32.4 Å². The van der Waals surface area contributed by atoms with E-state index in [1.807, 2.05) is 4.68 Å². The van der Waals surface area contributed by atoms with Crippen molar-refractivity contribution in [1.82, 2.24) is 24.6 Å². The summed E-state index contributed by atoms with van der Waals surface area (Å²) in [6.45, 7) is 4.07. The normalized spacial score (nSPS) is 11.2. The molecule has 0 spiro atoms. The van der Waals surface area contributed by atoms with Crippen LogP contribution < -0.4 is 0 Å². The summed E-state index contributed by atoms with van der Waals surface area (Å²) in [5, 5.41) is 14.0. The van der Waals surface area contributed by atoms with Crippen molar-refractivity contribution in [2.24, 2.45) is 0 Å². The van der Waals surface area contributed by atoms with Gasteiger partial charge in [-0.15, -0.1) is 0 Å². The van der Waals surface area contributed by atoms with Crippen LogP contribution in [0.25, 0.3) is 10.9 Å². The van der Waals surface area contributed by atoms with Gasteiger partial charge in [-0.2, -0.15) is 5.10 Å². The highest BCUT2D eigenvalue weighted by atomic mass is 16.4. The van der Waals surface area contributed by atoms with Gasteiger partial charge in [-0.3, -0.25) is 4.79 Å². The molecule has 1 aromatic carbocycles. The number of carboxylic acids is 1. The Hall–Kier alpha value is -2.67. The molecule has 2 aromatic heterocycles. The van der Waals surface area contributed by atoms with Gasteiger partial charge in [0.15, 0.2) is 0 Å². The zero-order valence-electron chi connectivity index (χ0n) is 24.1. The summed E-state index contributed by atoms with van der Waals surface area (Å²) in [7, 11) is 4.20. The number of unbranched alkanes of at least 4 members (excludes halogenated alkanes) is 12. The number of aromatic amines is 1. The molecule has 212 valence electrons. The largest absolute Gasteiger partial charge is 0.481 e. The third-order valence-corrected chi connectivity index (χ3v) is 6.97. The maximum atomic E-state index is 10.3. The van der Waals surface area contributed by atoms with Crippen LogP contribution in [0.1, 0.15) is 108 Å². The fourth-order valence-corrected chi connectivity index (χ4v) is 4.67. The zero-order chi connectivity index (χ0) is 27.4. The molecule has 0 aliphatic heterocycles. The number of nitrogens with zero attached hydrogens (tertiary/aromatic N) is 4. The van der Waals surface area contributed by atoms with E-state index in [-0.39, 0.29) is 0 Å². The van der Waals surface area contributed by atoms with Crippen LogP contribution in [0.4, 0.5) is 0 Å². The Bertz CT molecular complexity index is 997. The number of benzene rings is 1. The molecule has 0 amide bonds. The van der Waals surface area contributed by atoms with Crippen molar-refractivity contribution in [3.8, 4) is 0 Å². The van der Waals surface area contributed by atoms with E-state index >= 15 is 0 Å². The van der Waals surface area contributed by atoms with Gasteiger partial charge in [-0.1, -0.05) is 90.0 Å². The molecule has 0 fully saturated rings. The van der Waals surface area contributed by atoms with E-state index in [9.17, 15) is 4.79 Å². The molecule has 3 aromatic rings. The van der Waals surface area contributed by atoms with Crippen molar-refractivity contribution in [2.45, 2.75) is 110 Å². The first kappa shape index (κ1) is 31.5. The van der Waals surface area contributed by atoms with Gasteiger partial charge in [-0.05, 0) is 50.2 Å². The number of aromatic nitrogens is 4. The van der Waals surface area contributed by atoms with E-state index in [1.54, 1.807) is 12.7 Å². The van der Waals surface area contributed by atoms with Crippen molar-refractivity contribution in [3.05, 3.63) is 48.2 Å². The van der Waals surface area contributed by atoms with E-state index in [1.165, 1.54) is 92.7 Å². The first-order valence-electron chi connectivity index (χ1n) is 14.8. The minimum Gasteiger partial charge on any atom is -0.481 e. The quantitative estimate of drug-likeness (QED) is 0.159. The van der Waals surface area contributed by atoms with Gasteiger partial charge in [0, 0.05) is 30.1 Å². The summed E-state index contributed by atoms with van der Waals surface area (Å²) in [5.74, 6) is -0.655. The lowest BCUT2D eigenvalue weighted by Gasteiger charge is -2.08. The predicted octanol–water partition coefficient (Wildman–Crippen LogP) is 7.46. The van der Waals surface area contributed by atoms with Crippen LogP contribution in [-0.4, -0.2) is 56.4 Å². The van der Waals surface area contributed by atoms with Gasteiger partial charge >= 0.3 is 5.97 Å². The molecule has 0 atom stereocenters. The molecule has 0 radical (unpaired) electrons. The van der Waals surface area contributed by atoms with Crippen LogP contribution in [0.15, 0.2) is 37.1 Å².